The highest BCUT2D eigenvalue weighted by Crippen LogP contribution is 2.61. The van der Waals surface area contributed by atoms with Crippen molar-refractivity contribution in [3.05, 3.63) is 29.8 Å². The van der Waals surface area contributed by atoms with Crippen LogP contribution in [0, 0.1) is 23.2 Å². The van der Waals surface area contributed by atoms with Crippen molar-refractivity contribution in [1.82, 2.24) is 5.32 Å². The number of carboxylic acids is 1. The Kier molecular flexibility index (Phi) is 6.85. The maximum atomic E-state index is 11.1. The standard InChI is InChI=1S/C25H37N3O3/c1-17(13-25-14-18-10-19(15-25)12-20(11-18)16-25)27-24(26-8-3-9-31-2)28-22-6-4-21(5-7-22)23(29)30/h4-7,17-20H,3,8-16H2,1-2H3,(H,29,30)(H2,26,27,28). The van der Waals surface area contributed by atoms with Crippen LogP contribution in [-0.2, 0) is 4.74 Å². The predicted octanol–water partition coefficient (Wildman–Crippen LogP) is 4.77. The van der Waals surface area contributed by atoms with Gasteiger partial charge in [0.15, 0.2) is 5.96 Å². The number of aromatic carboxylic acids is 1. The van der Waals surface area contributed by atoms with Crippen molar-refractivity contribution in [2.24, 2.45) is 28.2 Å². The van der Waals surface area contributed by atoms with Crippen molar-refractivity contribution in [3.8, 4) is 0 Å². The molecule has 6 nitrogen and oxygen atoms in total. The summed E-state index contributed by atoms with van der Waals surface area (Å²) < 4.78 is 5.15. The molecular weight excluding hydrogens is 390 g/mol. The second kappa shape index (κ2) is 9.60. The molecule has 1 aromatic carbocycles. The maximum absolute atomic E-state index is 11.1. The first kappa shape index (κ1) is 22.1. The minimum atomic E-state index is -0.915. The van der Waals surface area contributed by atoms with Gasteiger partial charge in [-0.15, -0.1) is 0 Å². The van der Waals surface area contributed by atoms with E-state index < -0.39 is 5.97 Å². The third kappa shape index (κ3) is 5.59. The van der Waals surface area contributed by atoms with Gasteiger partial charge < -0.3 is 20.5 Å². The van der Waals surface area contributed by atoms with E-state index in [9.17, 15) is 4.79 Å². The molecule has 4 saturated carbocycles. The van der Waals surface area contributed by atoms with Crippen LogP contribution in [0.1, 0.15) is 68.6 Å². The Hall–Kier alpha value is -2.08. The number of guanidine groups is 1. The number of rotatable bonds is 9. The van der Waals surface area contributed by atoms with E-state index in [1.807, 2.05) is 0 Å². The van der Waals surface area contributed by atoms with Crippen LogP contribution in [0.5, 0.6) is 0 Å². The number of ether oxygens (including phenoxy) is 1. The number of anilines is 1. The Morgan fingerprint density at radius 1 is 1.16 bits per heavy atom. The van der Waals surface area contributed by atoms with Gasteiger partial charge in [0.05, 0.1) is 5.56 Å². The van der Waals surface area contributed by atoms with Gasteiger partial charge in [0.2, 0.25) is 0 Å². The van der Waals surface area contributed by atoms with Crippen molar-refractivity contribution >= 4 is 17.6 Å². The molecule has 0 radical (unpaired) electrons. The molecule has 31 heavy (non-hydrogen) atoms. The number of methoxy groups -OCH3 is 1. The molecule has 1 atom stereocenters. The van der Waals surface area contributed by atoms with Crippen LogP contribution >= 0.6 is 0 Å². The minimum absolute atomic E-state index is 0.285. The van der Waals surface area contributed by atoms with E-state index >= 15 is 0 Å². The van der Waals surface area contributed by atoms with E-state index in [1.54, 1.807) is 31.4 Å². The first-order valence-corrected chi connectivity index (χ1v) is 11.8. The fraction of sp³-hybridized carbons (Fsp3) is 0.680. The summed E-state index contributed by atoms with van der Waals surface area (Å²) in [7, 11) is 1.71. The van der Waals surface area contributed by atoms with E-state index in [0.29, 0.717) is 24.6 Å². The molecule has 0 aliphatic heterocycles. The van der Waals surface area contributed by atoms with Gasteiger partial charge in [-0.25, -0.2) is 4.79 Å². The van der Waals surface area contributed by atoms with Crippen LogP contribution in [0.3, 0.4) is 0 Å². The highest BCUT2D eigenvalue weighted by molar-refractivity contribution is 5.94. The molecule has 1 aromatic rings. The largest absolute Gasteiger partial charge is 0.478 e. The Morgan fingerprint density at radius 3 is 2.32 bits per heavy atom. The molecule has 0 spiro atoms. The van der Waals surface area contributed by atoms with E-state index in [4.69, 9.17) is 14.8 Å². The van der Waals surface area contributed by atoms with E-state index in [0.717, 1.165) is 35.8 Å². The second-order valence-corrected chi connectivity index (χ2v) is 10.3. The Morgan fingerprint density at radius 2 is 1.77 bits per heavy atom. The number of nitrogens with zero attached hydrogens (tertiary/aromatic N) is 1. The van der Waals surface area contributed by atoms with Gasteiger partial charge in [0.25, 0.3) is 0 Å². The average molecular weight is 428 g/mol. The molecule has 4 bridgehead atoms. The number of carbonyl (C=O) groups is 1. The molecule has 3 N–H and O–H groups in total. The molecule has 0 saturated heterocycles. The van der Waals surface area contributed by atoms with E-state index in [-0.39, 0.29) is 5.56 Å². The SMILES string of the molecule is COCCCN=C(Nc1ccc(C(=O)O)cc1)NC(C)CC12CC3CC(CC(C3)C1)C2. The molecule has 5 rings (SSSR count). The maximum Gasteiger partial charge on any atom is 0.335 e. The summed E-state index contributed by atoms with van der Waals surface area (Å²) in [6.07, 6.45) is 10.7. The highest BCUT2D eigenvalue weighted by atomic mass is 16.5. The Balaban J connectivity index is 1.39. The van der Waals surface area contributed by atoms with Gasteiger partial charge in [-0.3, -0.25) is 4.99 Å². The number of nitrogens with one attached hydrogen (secondary N) is 2. The summed E-state index contributed by atoms with van der Waals surface area (Å²) >= 11 is 0. The van der Waals surface area contributed by atoms with E-state index in [2.05, 4.69) is 17.6 Å². The zero-order valence-electron chi connectivity index (χ0n) is 18.9. The number of benzene rings is 1. The van der Waals surface area contributed by atoms with Crippen molar-refractivity contribution < 1.29 is 14.6 Å². The number of hydrogen-bond donors (Lipinski definition) is 3. The minimum Gasteiger partial charge on any atom is -0.478 e. The third-order valence-corrected chi connectivity index (χ3v) is 7.46. The number of hydrogen-bond acceptors (Lipinski definition) is 3. The van der Waals surface area contributed by atoms with E-state index in [1.165, 1.54) is 44.9 Å². The summed E-state index contributed by atoms with van der Waals surface area (Å²) in [4.78, 5) is 15.9. The molecule has 1 unspecified atom stereocenters. The number of aliphatic imine (C=N–C) groups is 1. The second-order valence-electron chi connectivity index (χ2n) is 10.3. The molecule has 0 amide bonds. The molecule has 170 valence electrons. The third-order valence-electron chi connectivity index (χ3n) is 7.46. The van der Waals surface area contributed by atoms with Gasteiger partial charge in [0.1, 0.15) is 0 Å². The lowest BCUT2D eigenvalue weighted by molar-refractivity contribution is -0.0603. The van der Waals surface area contributed by atoms with Crippen LogP contribution < -0.4 is 10.6 Å². The summed E-state index contributed by atoms with van der Waals surface area (Å²) in [6, 6.07) is 7.15. The predicted molar refractivity (Wildman–Crippen MR) is 124 cm³/mol. The monoisotopic (exact) mass is 427 g/mol. The van der Waals surface area contributed by atoms with Crippen molar-refractivity contribution in [2.45, 2.75) is 64.3 Å². The Labute approximate surface area is 185 Å². The van der Waals surface area contributed by atoms with Crippen LogP contribution in [0.4, 0.5) is 5.69 Å². The van der Waals surface area contributed by atoms with Crippen LogP contribution in [0.15, 0.2) is 29.3 Å². The zero-order chi connectivity index (χ0) is 21.8. The molecule has 4 aliphatic carbocycles. The van der Waals surface area contributed by atoms with Gasteiger partial charge in [-0.05, 0) is 106 Å². The molecular formula is C25H37N3O3. The van der Waals surface area contributed by atoms with Crippen LogP contribution in [-0.4, -0.2) is 43.3 Å². The first-order chi connectivity index (χ1) is 14.9. The fourth-order valence-electron chi connectivity index (χ4n) is 6.83. The topological polar surface area (TPSA) is 83.0 Å². The fourth-order valence-corrected chi connectivity index (χ4v) is 6.83. The first-order valence-electron chi connectivity index (χ1n) is 11.8. The lowest BCUT2D eigenvalue weighted by Crippen LogP contribution is -2.49. The lowest BCUT2D eigenvalue weighted by atomic mass is 9.48. The summed E-state index contributed by atoms with van der Waals surface area (Å²) in [6.45, 7) is 3.64. The van der Waals surface area contributed by atoms with Gasteiger partial charge >= 0.3 is 5.97 Å². The van der Waals surface area contributed by atoms with Crippen molar-refractivity contribution in [1.29, 1.82) is 0 Å². The molecule has 0 aromatic heterocycles. The smallest absolute Gasteiger partial charge is 0.335 e. The summed E-state index contributed by atoms with van der Waals surface area (Å²) in [5.74, 6) is 2.74. The molecule has 0 heterocycles. The van der Waals surface area contributed by atoms with Crippen LogP contribution in [0.2, 0.25) is 0 Å². The number of carboxylic acid groups (broad SMARTS) is 1. The van der Waals surface area contributed by atoms with Crippen molar-refractivity contribution in [2.75, 3.05) is 25.6 Å². The van der Waals surface area contributed by atoms with Gasteiger partial charge in [0, 0.05) is 32.0 Å². The summed E-state index contributed by atoms with van der Waals surface area (Å²) in [5, 5.41) is 16.1. The van der Waals surface area contributed by atoms with Gasteiger partial charge in [-0.2, -0.15) is 0 Å². The lowest BCUT2D eigenvalue weighted by Gasteiger charge is -2.57. The van der Waals surface area contributed by atoms with Crippen LogP contribution in [0.25, 0.3) is 0 Å². The quantitative estimate of drug-likeness (QED) is 0.300. The average Bonchev–Trinajstić information content (AvgIpc) is 2.70. The van der Waals surface area contributed by atoms with Crippen molar-refractivity contribution in [3.63, 3.8) is 0 Å². The Bertz CT molecular complexity index is 754. The normalized spacial score (nSPS) is 30.3. The zero-order valence-corrected chi connectivity index (χ0v) is 18.9. The van der Waals surface area contributed by atoms with Gasteiger partial charge in [-0.1, -0.05) is 0 Å². The molecule has 4 fully saturated rings. The molecule has 4 aliphatic rings. The highest BCUT2D eigenvalue weighted by Gasteiger charge is 2.50. The molecule has 6 heteroatoms. The summed E-state index contributed by atoms with van der Waals surface area (Å²) in [5.41, 5.74) is 1.64.